The molecule has 2 unspecified atom stereocenters. The van der Waals surface area contributed by atoms with Gasteiger partial charge in [-0.05, 0) is 43.9 Å². The second-order valence-corrected chi connectivity index (χ2v) is 6.61. The number of nitrogens with one attached hydrogen (secondary N) is 1. The lowest BCUT2D eigenvalue weighted by Crippen LogP contribution is -2.35. The van der Waals surface area contributed by atoms with Crippen LogP contribution < -0.4 is 5.32 Å². The van der Waals surface area contributed by atoms with Gasteiger partial charge in [0.05, 0.1) is 0 Å². The van der Waals surface area contributed by atoms with Crippen LogP contribution in [0.3, 0.4) is 0 Å². The fourth-order valence-corrected chi connectivity index (χ4v) is 3.56. The summed E-state index contributed by atoms with van der Waals surface area (Å²) < 4.78 is 0. The molecule has 1 aliphatic heterocycles. The first kappa shape index (κ1) is 13.7. The fraction of sp³-hybridized carbons (Fsp3) is 0.600. The minimum atomic E-state index is 0.272. The maximum atomic E-state index is 6.26. The van der Waals surface area contributed by atoms with E-state index in [1.165, 1.54) is 32.4 Å². The zero-order valence-electron chi connectivity index (χ0n) is 11.2. The standard InChI is InChI=1S/C15H20Cl2N2/c1-10(14-5-2-11(16)8-15(14)17)18-12-6-7-19(9-12)13-3-4-13/h2,5,8,10,12-13,18H,3-4,6-7,9H2,1H3. The molecule has 2 fully saturated rings. The lowest BCUT2D eigenvalue weighted by Gasteiger charge is -2.21. The van der Waals surface area contributed by atoms with Crippen molar-refractivity contribution in [1.29, 1.82) is 0 Å². The molecule has 1 saturated heterocycles. The van der Waals surface area contributed by atoms with Gasteiger partial charge in [-0.2, -0.15) is 0 Å². The van der Waals surface area contributed by atoms with Gasteiger partial charge >= 0.3 is 0 Å². The highest BCUT2D eigenvalue weighted by Crippen LogP contribution is 2.31. The van der Waals surface area contributed by atoms with E-state index in [0.29, 0.717) is 11.1 Å². The number of rotatable bonds is 4. The van der Waals surface area contributed by atoms with Crippen LogP contribution in [0.15, 0.2) is 18.2 Å². The number of nitrogens with zero attached hydrogens (tertiary/aromatic N) is 1. The van der Waals surface area contributed by atoms with Crippen molar-refractivity contribution in [2.75, 3.05) is 13.1 Å². The molecule has 104 valence electrons. The molecule has 0 radical (unpaired) electrons. The molecular formula is C15H20Cl2N2. The molecule has 1 N–H and O–H groups in total. The van der Waals surface area contributed by atoms with Crippen LogP contribution in [0.25, 0.3) is 0 Å². The number of hydrogen-bond acceptors (Lipinski definition) is 2. The predicted molar refractivity (Wildman–Crippen MR) is 81.0 cm³/mol. The zero-order valence-corrected chi connectivity index (χ0v) is 12.7. The zero-order chi connectivity index (χ0) is 13.4. The van der Waals surface area contributed by atoms with E-state index < -0.39 is 0 Å². The summed E-state index contributed by atoms with van der Waals surface area (Å²) in [6, 6.07) is 7.49. The number of halogens is 2. The van der Waals surface area contributed by atoms with Crippen LogP contribution in [-0.4, -0.2) is 30.1 Å². The van der Waals surface area contributed by atoms with Crippen LogP contribution in [0.1, 0.15) is 37.8 Å². The highest BCUT2D eigenvalue weighted by Gasteiger charge is 2.34. The van der Waals surface area contributed by atoms with Gasteiger partial charge in [-0.25, -0.2) is 0 Å². The maximum absolute atomic E-state index is 6.26. The van der Waals surface area contributed by atoms with E-state index in [0.717, 1.165) is 16.6 Å². The number of benzene rings is 1. The first-order valence-electron chi connectivity index (χ1n) is 7.08. The molecule has 1 aromatic carbocycles. The molecule has 2 nitrogen and oxygen atoms in total. The normalized spacial score (nSPS) is 25.7. The molecule has 0 amide bonds. The van der Waals surface area contributed by atoms with Gasteiger partial charge in [-0.1, -0.05) is 29.3 Å². The molecule has 2 atom stereocenters. The predicted octanol–water partition coefficient (Wildman–Crippen LogP) is 3.88. The van der Waals surface area contributed by atoms with Gasteiger partial charge in [-0.15, -0.1) is 0 Å². The number of likely N-dealkylation sites (tertiary alicyclic amines) is 1. The molecule has 3 rings (SSSR count). The Morgan fingerprint density at radius 3 is 2.74 bits per heavy atom. The quantitative estimate of drug-likeness (QED) is 0.907. The smallest absolute Gasteiger partial charge is 0.0468 e. The van der Waals surface area contributed by atoms with Crippen molar-refractivity contribution in [3.05, 3.63) is 33.8 Å². The van der Waals surface area contributed by atoms with Crippen LogP contribution in [0.5, 0.6) is 0 Å². The minimum Gasteiger partial charge on any atom is -0.306 e. The van der Waals surface area contributed by atoms with E-state index in [1.54, 1.807) is 0 Å². The second kappa shape index (κ2) is 5.61. The number of hydrogen-bond donors (Lipinski definition) is 1. The van der Waals surface area contributed by atoms with Crippen LogP contribution in [0.2, 0.25) is 10.0 Å². The second-order valence-electron chi connectivity index (χ2n) is 5.77. The minimum absolute atomic E-state index is 0.272. The molecule has 1 aliphatic carbocycles. The summed E-state index contributed by atoms with van der Waals surface area (Å²) >= 11 is 12.2. The van der Waals surface area contributed by atoms with E-state index in [1.807, 2.05) is 18.2 Å². The van der Waals surface area contributed by atoms with Crippen molar-refractivity contribution in [3.63, 3.8) is 0 Å². The van der Waals surface area contributed by atoms with Crippen LogP contribution in [0, 0.1) is 0 Å². The van der Waals surface area contributed by atoms with Gasteiger partial charge in [0.2, 0.25) is 0 Å². The molecule has 19 heavy (non-hydrogen) atoms. The Kier molecular flexibility index (Phi) is 4.04. The highest BCUT2D eigenvalue weighted by atomic mass is 35.5. The molecule has 1 aromatic rings. The SMILES string of the molecule is CC(NC1CCN(C2CC2)C1)c1ccc(Cl)cc1Cl. The third-order valence-corrected chi connectivity index (χ3v) is 4.76. The summed E-state index contributed by atoms with van der Waals surface area (Å²) in [7, 11) is 0. The summed E-state index contributed by atoms with van der Waals surface area (Å²) in [6.45, 7) is 4.60. The Bertz CT molecular complexity index is 459. The fourth-order valence-electron chi connectivity index (χ4n) is 2.99. The molecule has 4 heteroatoms. The molecule has 0 spiro atoms. The topological polar surface area (TPSA) is 15.3 Å². The Labute approximate surface area is 125 Å². The van der Waals surface area contributed by atoms with Gasteiger partial charge in [0.25, 0.3) is 0 Å². The summed E-state index contributed by atoms with van der Waals surface area (Å²) in [6.07, 6.45) is 4.03. The molecule has 1 saturated carbocycles. The van der Waals surface area contributed by atoms with Gasteiger partial charge in [-0.3, -0.25) is 4.90 Å². The molecule has 2 aliphatic rings. The lowest BCUT2D eigenvalue weighted by molar-refractivity contribution is 0.313. The van der Waals surface area contributed by atoms with Gasteiger partial charge in [0.1, 0.15) is 0 Å². The molecule has 1 heterocycles. The van der Waals surface area contributed by atoms with E-state index in [4.69, 9.17) is 23.2 Å². The summed E-state index contributed by atoms with van der Waals surface area (Å²) in [5.41, 5.74) is 1.14. The van der Waals surface area contributed by atoms with Crippen molar-refractivity contribution in [1.82, 2.24) is 10.2 Å². The highest BCUT2D eigenvalue weighted by molar-refractivity contribution is 6.35. The van der Waals surface area contributed by atoms with Crippen molar-refractivity contribution in [2.24, 2.45) is 0 Å². The average molecular weight is 299 g/mol. The van der Waals surface area contributed by atoms with Crippen molar-refractivity contribution in [3.8, 4) is 0 Å². The van der Waals surface area contributed by atoms with E-state index in [9.17, 15) is 0 Å². The Morgan fingerprint density at radius 1 is 1.26 bits per heavy atom. The van der Waals surface area contributed by atoms with Crippen LogP contribution >= 0.6 is 23.2 Å². The average Bonchev–Trinajstić information content (AvgIpc) is 3.10. The molecular weight excluding hydrogens is 279 g/mol. The first-order chi connectivity index (χ1) is 9.13. The summed E-state index contributed by atoms with van der Waals surface area (Å²) in [5.74, 6) is 0. The van der Waals surface area contributed by atoms with Crippen molar-refractivity contribution in [2.45, 2.75) is 44.3 Å². The van der Waals surface area contributed by atoms with E-state index >= 15 is 0 Å². The van der Waals surface area contributed by atoms with Crippen molar-refractivity contribution >= 4 is 23.2 Å². The molecule has 0 bridgehead atoms. The molecule has 0 aromatic heterocycles. The third kappa shape index (κ3) is 3.25. The van der Waals surface area contributed by atoms with Gasteiger partial charge in [0, 0.05) is 41.3 Å². The Hall–Kier alpha value is -0.280. The summed E-state index contributed by atoms with van der Waals surface area (Å²) in [5, 5.41) is 5.15. The van der Waals surface area contributed by atoms with E-state index in [2.05, 4.69) is 17.1 Å². The van der Waals surface area contributed by atoms with Gasteiger partial charge in [0.15, 0.2) is 0 Å². The monoisotopic (exact) mass is 298 g/mol. The van der Waals surface area contributed by atoms with Crippen LogP contribution in [0.4, 0.5) is 0 Å². The Balaban J connectivity index is 1.60. The van der Waals surface area contributed by atoms with E-state index in [-0.39, 0.29) is 6.04 Å². The summed E-state index contributed by atoms with van der Waals surface area (Å²) in [4.78, 5) is 2.62. The Morgan fingerprint density at radius 2 is 2.05 bits per heavy atom. The van der Waals surface area contributed by atoms with Crippen LogP contribution in [-0.2, 0) is 0 Å². The lowest BCUT2D eigenvalue weighted by atomic mass is 10.1. The largest absolute Gasteiger partial charge is 0.306 e. The third-order valence-electron chi connectivity index (χ3n) is 4.20. The first-order valence-corrected chi connectivity index (χ1v) is 7.84. The maximum Gasteiger partial charge on any atom is 0.0468 e. The van der Waals surface area contributed by atoms with Crippen molar-refractivity contribution < 1.29 is 0 Å². The van der Waals surface area contributed by atoms with Gasteiger partial charge < -0.3 is 5.32 Å².